The van der Waals surface area contributed by atoms with Gasteiger partial charge in [-0.1, -0.05) is 60.7 Å². The second-order valence-corrected chi connectivity index (χ2v) is 9.65. The predicted molar refractivity (Wildman–Crippen MR) is 128 cm³/mol. The molecule has 1 N–H and O–H groups in total. The number of nitrogens with zero attached hydrogens (tertiary/aromatic N) is 2. The van der Waals surface area contributed by atoms with Gasteiger partial charge in [-0.2, -0.15) is 0 Å². The van der Waals surface area contributed by atoms with Gasteiger partial charge in [0.1, 0.15) is 12.0 Å². The van der Waals surface area contributed by atoms with E-state index in [4.69, 9.17) is 20.8 Å². The first-order chi connectivity index (χ1) is 15.9. The Bertz CT molecular complexity index is 1160. The van der Waals surface area contributed by atoms with Crippen LogP contribution in [-0.2, 0) is 21.8 Å². The Hall–Kier alpha value is -2.69. The second-order valence-electron chi connectivity index (χ2n) is 7.02. The van der Waals surface area contributed by atoms with Crippen LogP contribution in [0.1, 0.15) is 38.0 Å². The van der Waals surface area contributed by atoms with Crippen molar-refractivity contribution < 1.29 is 18.7 Å². The van der Waals surface area contributed by atoms with Crippen LogP contribution in [0.4, 0.5) is 5.13 Å². The van der Waals surface area contributed by atoms with Crippen molar-refractivity contribution >= 4 is 51.7 Å². The minimum absolute atomic E-state index is 0.00138. The average Bonchev–Trinajstić information content (AvgIpc) is 3.23. The Labute approximate surface area is 203 Å². The molecule has 33 heavy (non-hydrogen) atoms. The Balaban J connectivity index is 1.52. The lowest BCUT2D eigenvalue weighted by Gasteiger charge is -2.09. The maximum absolute atomic E-state index is 12.3. The van der Waals surface area contributed by atoms with E-state index in [9.17, 15) is 14.4 Å². The Kier molecular flexibility index (Phi) is 9.04. The summed E-state index contributed by atoms with van der Waals surface area (Å²) in [5, 5.41) is 11.8. The molecule has 0 unspecified atom stereocenters. The highest BCUT2D eigenvalue weighted by molar-refractivity contribution is 8.00. The van der Waals surface area contributed by atoms with Gasteiger partial charge in [0.25, 0.3) is 0 Å². The van der Waals surface area contributed by atoms with Gasteiger partial charge in [0.2, 0.25) is 22.2 Å². The number of hydrogen-bond acceptors (Lipinski definition) is 9. The first-order valence-electron chi connectivity index (χ1n) is 10.2. The smallest absolute Gasteiger partial charge is 0.315 e. The number of esters is 1. The highest BCUT2D eigenvalue weighted by Gasteiger charge is 2.17. The zero-order chi connectivity index (χ0) is 23.8. The maximum atomic E-state index is 12.3. The number of halogens is 1. The minimum atomic E-state index is -0.580. The van der Waals surface area contributed by atoms with Gasteiger partial charge in [0, 0.05) is 17.0 Å². The number of carbonyl (C=O) groups excluding carboxylic acids is 2. The lowest BCUT2D eigenvalue weighted by Crippen LogP contribution is -2.21. The molecule has 0 spiro atoms. The van der Waals surface area contributed by atoms with E-state index in [1.54, 1.807) is 24.3 Å². The van der Waals surface area contributed by atoms with Crippen molar-refractivity contribution in [2.75, 3.05) is 5.32 Å². The number of amides is 1. The Morgan fingerprint density at radius 3 is 2.61 bits per heavy atom. The number of aromatic nitrogens is 2. The van der Waals surface area contributed by atoms with Gasteiger partial charge < -0.3 is 14.5 Å². The van der Waals surface area contributed by atoms with Gasteiger partial charge in [-0.3, -0.25) is 14.4 Å². The molecule has 0 aliphatic carbocycles. The van der Waals surface area contributed by atoms with Crippen molar-refractivity contribution in [1.82, 2.24) is 10.2 Å². The number of anilines is 1. The van der Waals surface area contributed by atoms with Crippen LogP contribution in [0.2, 0.25) is 5.02 Å². The maximum Gasteiger partial charge on any atom is 0.315 e. The normalized spacial score (nSPS) is 10.9. The molecule has 1 aromatic carbocycles. The van der Waals surface area contributed by atoms with E-state index >= 15 is 0 Å². The third-order valence-electron chi connectivity index (χ3n) is 4.67. The summed E-state index contributed by atoms with van der Waals surface area (Å²) in [6.45, 7) is 3.93. The number of hydrogen-bond donors (Lipinski definition) is 1. The average molecular weight is 508 g/mol. The third-order valence-corrected chi connectivity index (χ3v) is 6.91. The van der Waals surface area contributed by atoms with Crippen LogP contribution in [0, 0.1) is 5.92 Å². The largest absolute Gasteiger partial charge is 0.464 e. The van der Waals surface area contributed by atoms with E-state index in [1.165, 1.54) is 29.2 Å². The van der Waals surface area contributed by atoms with Crippen molar-refractivity contribution in [3.63, 3.8) is 0 Å². The summed E-state index contributed by atoms with van der Waals surface area (Å²) in [6, 6.07) is 8.04. The van der Waals surface area contributed by atoms with Crippen LogP contribution in [0.25, 0.3) is 0 Å². The predicted octanol–water partition coefficient (Wildman–Crippen LogP) is 4.96. The molecular weight excluding hydrogens is 486 g/mol. The van der Waals surface area contributed by atoms with Crippen molar-refractivity contribution in [2.24, 2.45) is 5.92 Å². The summed E-state index contributed by atoms with van der Waals surface area (Å²) in [6.07, 6.45) is 2.64. The quantitative estimate of drug-likeness (QED) is 0.233. The van der Waals surface area contributed by atoms with Gasteiger partial charge in [0.15, 0.2) is 4.34 Å². The van der Waals surface area contributed by atoms with E-state index in [0.29, 0.717) is 31.6 Å². The molecule has 2 heterocycles. The van der Waals surface area contributed by atoms with Gasteiger partial charge >= 0.3 is 5.97 Å². The standard InChI is InChI=1S/C22H22ClN3O5S2/c1-3-14(4-2)20(29)24-21-25-26-22(33-21)32-12-16-10-17(27)18(11-30-16)31-19(28)9-13-5-7-15(23)8-6-13/h5-8,10-11,14H,3-4,9,12H2,1-2H3,(H,24,25,29). The lowest BCUT2D eigenvalue weighted by atomic mass is 10.0. The fraction of sp³-hybridized carbons (Fsp3) is 0.318. The van der Waals surface area contributed by atoms with E-state index in [2.05, 4.69) is 15.5 Å². The van der Waals surface area contributed by atoms with Crippen molar-refractivity contribution in [3.05, 3.63) is 63.2 Å². The van der Waals surface area contributed by atoms with Crippen molar-refractivity contribution in [3.8, 4) is 5.75 Å². The van der Waals surface area contributed by atoms with Gasteiger partial charge in [-0.25, -0.2) is 0 Å². The summed E-state index contributed by atoms with van der Waals surface area (Å²) < 4.78 is 11.2. The molecule has 2 aromatic heterocycles. The lowest BCUT2D eigenvalue weighted by molar-refractivity contribution is -0.133. The zero-order valence-corrected chi connectivity index (χ0v) is 20.4. The van der Waals surface area contributed by atoms with Gasteiger partial charge in [0.05, 0.1) is 12.2 Å². The molecule has 8 nitrogen and oxygen atoms in total. The molecule has 0 bridgehead atoms. The van der Waals surface area contributed by atoms with Crippen molar-refractivity contribution in [2.45, 2.75) is 43.2 Å². The number of thioether (sulfide) groups is 1. The molecule has 0 aliphatic rings. The van der Waals surface area contributed by atoms with Crippen LogP contribution in [-0.4, -0.2) is 22.1 Å². The first kappa shape index (κ1) is 24.9. The topological polar surface area (TPSA) is 111 Å². The van der Waals surface area contributed by atoms with Gasteiger partial charge in [-0.05, 0) is 30.5 Å². The molecule has 3 rings (SSSR count). The van der Waals surface area contributed by atoms with Crippen LogP contribution < -0.4 is 15.5 Å². The number of carbonyl (C=O) groups is 2. The minimum Gasteiger partial charge on any atom is -0.464 e. The molecule has 3 aromatic rings. The molecular formula is C22H22ClN3O5S2. The molecule has 0 fully saturated rings. The fourth-order valence-corrected chi connectivity index (χ4v) is 4.61. The SMILES string of the molecule is CCC(CC)C(=O)Nc1nnc(SCc2cc(=O)c(OC(=O)Cc3ccc(Cl)cc3)co2)s1. The molecule has 174 valence electrons. The molecule has 11 heteroatoms. The molecule has 1 amide bonds. The number of nitrogens with one attached hydrogen (secondary N) is 1. The molecule has 0 saturated heterocycles. The molecule has 0 atom stereocenters. The van der Waals surface area contributed by atoms with E-state index in [-0.39, 0.29) is 24.0 Å². The van der Waals surface area contributed by atoms with E-state index in [1.807, 2.05) is 13.8 Å². The van der Waals surface area contributed by atoms with E-state index in [0.717, 1.165) is 19.1 Å². The first-order valence-corrected chi connectivity index (χ1v) is 12.4. The monoisotopic (exact) mass is 507 g/mol. The van der Waals surface area contributed by atoms with Crippen LogP contribution >= 0.6 is 34.7 Å². The summed E-state index contributed by atoms with van der Waals surface area (Å²) in [5.74, 6) is -0.171. The number of rotatable bonds is 10. The summed E-state index contributed by atoms with van der Waals surface area (Å²) in [7, 11) is 0. The molecule has 0 aliphatic heterocycles. The summed E-state index contributed by atoms with van der Waals surface area (Å²) >= 11 is 8.39. The van der Waals surface area contributed by atoms with Crippen LogP contribution in [0.3, 0.4) is 0 Å². The highest BCUT2D eigenvalue weighted by atomic mass is 35.5. The highest BCUT2D eigenvalue weighted by Crippen LogP contribution is 2.28. The zero-order valence-electron chi connectivity index (χ0n) is 18.0. The van der Waals surface area contributed by atoms with Crippen molar-refractivity contribution in [1.29, 1.82) is 0 Å². The van der Waals surface area contributed by atoms with Crippen LogP contribution in [0.15, 0.2) is 50.1 Å². The van der Waals surface area contributed by atoms with Gasteiger partial charge in [-0.15, -0.1) is 10.2 Å². The molecule has 0 saturated carbocycles. The Morgan fingerprint density at radius 2 is 1.94 bits per heavy atom. The molecule has 0 radical (unpaired) electrons. The number of ether oxygens (including phenoxy) is 1. The Morgan fingerprint density at radius 1 is 1.21 bits per heavy atom. The summed E-state index contributed by atoms with van der Waals surface area (Å²) in [4.78, 5) is 36.5. The third kappa shape index (κ3) is 7.41. The number of benzene rings is 1. The van der Waals surface area contributed by atoms with Crippen LogP contribution in [0.5, 0.6) is 5.75 Å². The summed E-state index contributed by atoms with van der Waals surface area (Å²) in [5.41, 5.74) is 0.256. The van der Waals surface area contributed by atoms with E-state index < -0.39 is 11.4 Å². The fourth-order valence-electron chi connectivity index (χ4n) is 2.83. The second kappa shape index (κ2) is 12.0.